The fourth-order valence-electron chi connectivity index (χ4n) is 1.80. The normalized spacial score (nSPS) is 16.2. The Morgan fingerprint density at radius 1 is 1.39 bits per heavy atom. The topological polar surface area (TPSA) is 64.3 Å². The highest BCUT2D eigenvalue weighted by Crippen LogP contribution is 2.37. The highest BCUT2D eigenvalue weighted by molar-refractivity contribution is 5.94. The van der Waals surface area contributed by atoms with Gasteiger partial charge in [0.2, 0.25) is 0 Å². The van der Waals surface area contributed by atoms with E-state index in [9.17, 15) is 18.0 Å². The van der Waals surface area contributed by atoms with Crippen LogP contribution in [0.3, 0.4) is 0 Å². The summed E-state index contributed by atoms with van der Waals surface area (Å²) in [5.74, 6) is 4.01. The Hall–Kier alpha value is -1.60. The monoisotopic (exact) mass is 260 g/mol. The number of amides is 1. The first-order valence-corrected chi connectivity index (χ1v) is 5.23. The Bertz CT molecular complexity index is 470. The molecule has 3 N–H and O–H groups in total. The van der Waals surface area contributed by atoms with E-state index in [-0.39, 0.29) is 30.3 Å². The van der Waals surface area contributed by atoms with Crippen molar-refractivity contribution in [2.75, 3.05) is 13.2 Å². The molecule has 0 unspecified atom stereocenters. The van der Waals surface area contributed by atoms with Crippen molar-refractivity contribution in [1.29, 1.82) is 0 Å². The van der Waals surface area contributed by atoms with Gasteiger partial charge in [0.05, 0.1) is 18.8 Å². The third-order valence-corrected chi connectivity index (χ3v) is 2.83. The van der Waals surface area contributed by atoms with Gasteiger partial charge in [0.25, 0.3) is 5.91 Å². The number of nitrogen functional groups attached to an aromatic ring is 1. The number of nitrogens with two attached hydrogens (primary N) is 1. The van der Waals surface area contributed by atoms with Crippen LogP contribution in [0.15, 0.2) is 18.2 Å². The van der Waals surface area contributed by atoms with Crippen molar-refractivity contribution in [3.8, 4) is 0 Å². The van der Waals surface area contributed by atoms with Crippen LogP contribution >= 0.6 is 0 Å². The standard InChI is InChI=1S/C11H11F3N2O2/c12-11(13,14)9-2-1-6(10(17)16-15)3-8(9)7-4-18-5-7/h1-3,7H,4-5,15H2,(H,16,17). The van der Waals surface area contributed by atoms with E-state index < -0.39 is 17.6 Å². The average Bonchev–Trinajstić information content (AvgIpc) is 2.24. The summed E-state index contributed by atoms with van der Waals surface area (Å²) in [6, 6.07) is 3.23. The molecular formula is C11H11F3N2O2. The summed E-state index contributed by atoms with van der Waals surface area (Å²) in [5.41, 5.74) is 1.34. The van der Waals surface area contributed by atoms with Crippen molar-refractivity contribution >= 4 is 5.91 Å². The number of carbonyl (C=O) groups is 1. The van der Waals surface area contributed by atoms with Gasteiger partial charge in [-0.05, 0) is 23.8 Å². The Kier molecular flexibility index (Phi) is 3.27. The number of benzene rings is 1. The van der Waals surface area contributed by atoms with Gasteiger partial charge in [0, 0.05) is 11.5 Å². The van der Waals surface area contributed by atoms with Crippen LogP contribution in [-0.4, -0.2) is 19.1 Å². The number of hydrogen-bond donors (Lipinski definition) is 2. The molecule has 0 aliphatic carbocycles. The molecule has 0 bridgehead atoms. The summed E-state index contributed by atoms with van der Waals surface area (Å²) in [4.78, 5) is 11.3. The fourth-order valence-corrected chi connectivity index (χ4v) is 1.80. The van der Waals surface area contributed by atoms with E-state index in [1.165, 1.54) is 6.07 Å². The Morgan fingerprint density at radius 2 is 2.06 bits per heavy atom. The summed E-state index contributed by atoms with van der Waals surface area (Å²) < 4.78 is 43.3. The number of carbonyl (C=O) groups excluding carboxylic acids is 1. The lowest BCUT2D eigenvalue weighted by molar-refractivity contribution is -0.139. The zero-order chi connectivity index (χ0) is 13.3. The SMILES string of the molecule is NNC(=O)c1ccc(C(F)(F)F)c(C2COC2)c1. The quantitative estimate of drug-likeness (QED) is 0.480. The van der Waals surface area contributed by atoms with Gasteiger partial charge in [-0.3, -0.25) is 10.2 Å². The second-order valence-corrected chi connectivity index (χ2v) is 4.01. The first kappa shape index (κ1) is 12.8. The lowest BCUT2D eigenvalue weighted by Gasteiger charge is -2.29. The molecule has 0 atom stereocenters. The average molecular weight is 260 g/mol. The van der Waals surface area contributed by atoms with Crippen molar-refractivity contribution in [2.24, 2.45) is 5.84 Å². The van der Waals surface area contributed by atoms with E-state index >= 15 is 0 Å². The number of ether oxygens (including phenoxy) is 1. The molecule has 0 aromatic heterocycles. The van der Waals surface area contributed by atoms with Gasteiger partial charge < -0.3 is 4.74 Å². The molecule has 1 fully saturated rings. The molecule has 1 amide bonds. The Balaban J connectivity index is 2.45. The van der Waals surface area contributed by atoms with Crippen molar-refractivity contribution in [3.05, 3.63) is 34.9 Å². The second kappa shape index (κ2) is 4.58. The molecule has 1 aromatic carbocycles. The minimum Gasteiger partial charge on any atom is -0.380 e. The van der Waals surface area contributed by atoms with Crippen LogP contribution in [0.1, 0.15) is 27.4 Å². The minimum atomic E-state index is -4.44. The van der Waals surface area contributed by atoms with E-state index in [0.717, 1.165) is 12.1 Å². The van der Waals surface area contributed by atoms with Gasteiger partial charge in [0.1, 0.15) is 0 Å². The van der Waals surface area contributed by atoms with Gasteiger partial charge in [-0.2, -0.15) is 13.2 Å². The maximum Gasteiger partial charge on any atom is 0.416 e. The Morgan fingerprint density at radius 3 is 2.50 bits per heavy atom. The van der Waals surface area contributed by atoms with Gasteiger partial charge in [-0.25, -0.2) is 5.84 Å². The number of hydrazine groups is 1. The third-order valence-electron chi connectivity index (χ3n) is 2.83. The van der Waals surface area contributed by atoms with Gasteiger partial charge in [-0.1, -0.05) is 0 Å². The molecule has 7 heteroatoms. The smallest absolute Gasteiger partial charge is 0.380 e. The zero-order valence-electron chi connectivity index (χ0n) is 9.25. The molecule has 98 valence electrons. The molecule has 1 aliphatic heterocycles. The van der Waals surface area contributed by atoms with Crippen molar-refractivity contribution in [3.63, 3.8) is 0 Å². The molecule has 1 aromatic rings. The van der Waals surface area contributed by atoms with E-state index in [0.29, 0.717) is 0 Å². The highest BCUT2D eigenvalue weighted by atomic mass is 19.4. The molecule has 0 radical (unpaired) electrons. The minimum absolute atomic E-state index is 0.0786. The lowest BCUT2D eigenvalue weighted by atomic mass is 9.90. The van der Waals surface area contributed by atoms with Gasteiger partial charge >= 0.3 is 6.18 Å². The van der Waals surface area contributed by atoms with Crippen molar-refractivity contribution in [2.45, 2.75) is 12.1 Å². The summed E-state index contributed by atoms with van der Waals surface area (Å²) >= 11 is 0. The molecule has 4 nitrogen and oxygen atoms in total. The summed E-state index contributed by atoms with van der Waals surface area (Å²) in [6.45, 7) is 0.466. The maximum absolute atomic E-state index is 12.8. The van der Waals surface area contributed by atoms with Crippen LogP contribution in [0.4, 0.5) is 13.2 Å². The molecule has 0 saturated carbocycles. The molecule has 1 saturated heterocycles. The highest BCUT2D eigenvalue weighted by Gasteiger charge is 2.37. The fraction of sp³-hybridized carbons (Fsp3) is 0.364. The van der Waals surface area contributed by atoms with Crippen molar-refractivity contribution < 1.29 is 22.7 Å². The molecule has 1 heterocycles. The summed E-state index contributed by atoms with van der Waals surface area (Å²) in [7, 11) is 0. The van der Waals surface area contributed by atoms with Gasteiger partial charge in [-0.15, -0.1) is 0 Å². The summed E-state index contributed by atoms with van der Waals surface area (Å²) in [5, 5.41) is 0. The van der Waals surface area contributed by atoms with E-state index in [1.54, 1.807) is 0 Å². The molecule has 0 spiro atoms. The van der Waals surface area contributed by atoms with Crippen LogP contribution in [0, 0.1) is 0 Å². The molecule has 2 rings (SSSR count). The number of hydrogen-bond acceptors (Lipinski definition) is 3. The predicted molar refractivity (Wildman–Crippen MR) is 56.7 cm³/mol. The largest absolute Gasteiger partial charge is 0.416 e. The maximum atomic E-state index is 12.8. The van der Waals surface area contributed by atoms with Crippen LogP contribution in [0.25, 0.3) is 0 Å². The van der Waals surface area contributed by atoms with E-state index in [4.69, 9.17) is 10.6 Å². The number of nitrogens with one attached hydrogen (secondary N) is 1. The van der Waals surface area contributed by atoms with E-state index in [1.807, 2.05) is 5.43 Å². The van der Waals surface area contributed by atoms with Crippen LogP contribution < -0.4 is 11.3 Å². The van der Waals surface area contributed by atoms with Crippen LogP contribution in [-0.2, 0) is 10.9 Å². The molecular weight excluding hydrogens is 249 g/mol. The van der Waals surface area contributed by atoms with Crippen LogP contribution in [0.2, 0.25) is 0 Å². The predicted octanol–water partition coefficient (Wildman–Crippen LogP) is 1.42. The number of halogens is 3. The molecule has 18 heavy (non-hydrogen) atoms. The number of rotatable bonds is 2. The summed E-state index contributed by atoms with van der Waals surface area (Å²) in [6.07, 6.45) is -4.44. The Labute approximate surface area is 101 Å². The lowest BCUT2D eigenvalue weighted by Crippen LogP contribution is -2.31. The first-order chi connectivity index (χ1) is 8.43. The third kappa shape index (κ3) is 2.32. The van der Waals surface area contributed by atoms with Crippen molar-refractivity contribution in [1.82, 2.24) is 5.43 Å². The van der Waals surface area contributed by atoms with Gasteiger partial charge in [0.15, 0.2) is 0 Å². The number of alkyl halides is 3. The first-order valence-electron chi connectivity index (χ1n) is 5.23. The zero-order valence-corrected chi connectivity index (χ0v) is 9.25. The van der Waals surface area contributed by atoms with Crippen LogP contribution in [0.5, 0.6) is 0 Å². The molecule has 1 aliphatic rings. The van der Waals surface area contributed by atoms with E-state index in [2.05, 4.69) is 0 Å². The second-order valence-electron chi connectivity index (χ2n) is 4.01.